The largest absolute Gasteiger partial charge is 0.468 e. The van der Waals surface area contributed by atoms with Crippen LogP contribution < -0.4 is 4.72 Å². The molecule has 5 nitrogen and oxygen atoms in total. The Hall–Kier alpha value is -1.41. The molecule has 0 saturated carbocycles. The van der Waals surface area contributed by atoms with Gasteiger partial charge in [0.05, 0.1) is 22.2 Å². The summed E-state index contributed by atoms with van der Waals surface area (Å²) in [5, 5.41) is -0.238. The van der Waals surface area contributed by atoms with Crippen LogP contribution in [0.2, 0.25) is 5.02 Å². The van der Waals surface area contributed by atoms with Crippen LogP contribution in [0.3, 0.4) is 0 Å². The summed E-state index contributed by atoms with van der Waals surface area (Å²) in [5.74, 6) is -0.0211. The maximum Gasteiger partial charge on any atom is 0.240 e. The highest BCUT2D eigenvalue weighted by Crippen LogP contribution is 2.21. The van der Waals surface area contributed by atoms with Crippen LogP contribution in [0.25, 0.3) is 0 Å². The number of hydrogen-bond acceptors (Lipinski definition) is 4. The summed E-state index contributed by atoms with van der Waals surface area (Å²) in [6, 6.07) is 6.51. The summed E-state index contributed by atoms with van der Waals surface area (Å²) in [6.07, 6.45) is 1.53. The van der Waals surface area contributed by atoms with E-state index >= 15 is 0 Å². The molecule has 1 unspecified atom stereocenters. The van der Waals surface area contributed by atoms with Crippen LogP contribution in [0.15, 0.2) is 45.9 Å². The van der Waals surface area contributed by atoms with Crippen LogP contribution in [0.4, 0.5) is 4.39 Å². The zero-order valence-corrected chi connectivity index (χ0v) is 13.7. The van der Waals surface area contributed by atoms with Gasteiger partial charge in [-0.3, -0.25) is 4.90 Å². The van der Waals surface area contributed by atoms with Gasteiger partial charge in [-0.2, -0.15) is 0 Å². The number of benzene rings is 1. The van der Waals surface area contributed by atoms with Crippen molar-refractivity contribution in [3.05, 3.63) is 53.2 Å². The van der Waals surface area contributed by atoms with E-state index in [1.165, 1.54) is 12.3 Å². The van der Waals surface area contributed by atoms with Crippen LogP contribution in [0.5, 0.6) is 0 Å². The fourth-order valence-electron chi connectivity index (χ4n) is 1.93. The van der Waals surface area contributed by atoms with Gasteiger partial charge in [0.2, 0.25) is 10.0 Å². The van der Waals surface area contributed by atoms with E-state index in [-0.39, 0.29) is 22.5 Å². The number of nitrogens with one attached hydrogen (secondary N) is 1. The van der Waals surface area contributed by atoms with Gasteiger partial charge in [-0.15, -0.1) is 0 Å². The summed E-state index contributed by atoms with van der Waals surface area (Å²) in [7, 11) is -0.157. The van der Waals surface area contributed by atoms with Crippen molar-refractivity contribution in [1.29, 1.82) is 0 Å². The van der Waals surface area contributed by atoms with E-state index in [1.807, 2.05) is 19.0 Å². The molecule has 120 valence electrons. The number of likely N-dealkylation sites (N-methyl/N-ethyl adjacent to an activating group) is 1. The van der Waals surface area contributed by atoms with Gasteiger partial charge in [-0.1, -0.05) is 11.6 Å². The predicted octanol–water partition coefficient (Wildman–Crippen LogP) is 2.65. The first-order valence-corrected chi connectivity index (χ1v) is 8.32. The second kappa shape index (κ2) is 6.78. The fraction of sp³-hybridized carbons (Fsp3) is 0.286. The van der Waals surface area contributed by atoms with Gasteiger partial charge in [-0.05, 0) is 44.4 Å². The predicted molar refractivity (Wildman–Crippen MR) is 81.7 cm³/mol. The molecule has 0 amide bonds. The van der Waals surface area contributed by atoms with Gasteiger partial charge >= 0.3 is 0 Å². The summed E-state index contributed by atoms with van der Waals surface area (Å²) >= 11 is 5.62. The molecule has 2 rings (SSSR count). The minimum Gasteiger partial charge on any atom is -0.468 e. The quantitative estimate of drug-likeness (QED) is 0.873. The van der Waals surface area contributed by atoms with E-state index in [2.05, 4.69) is 4.72 Å². The molecule has 22 heavy (non-hydrogen) atoms. The zero-order valence-electron chi connectivity index (χ0n) is 12.1. The van der Waals surface area contributed by atoms with Crippen LogP contribution >= 0.6 is 11.6 Å². The molecule has 8 heteroatoms. The molecule has 0 bridgehead atoms. The molecule has 0 saturated heterocycles. The van der Waals surface area contributed by atoms with Crippen molar-refractivity contribution in [2.45, 2.75) is 10.9 Å². The molecular weight excluding hydrogens is 331 g/mol. The highest BCUT2D eigenvalue weighted by Gasteiger charge is 2.22. The number of sulfonamides is 1. The topological polar surface area (TPSA) is 62.6 Å². The maximum atomic E-state index is 13.1. The highest BCUT2D eigenvalue weighted by atomic mass is 35.5. The Morgan fingerprint density at radius 2 is 2.09 bits per heavy atom. The van der Waals surface area contributed by atoms with Crippen LogP contribution in [0.1, 0.15) is 11.8 Å². The maximum absolute atomic E-state index is 13.1. The fourth-order valence-corrected chi connectivity index (χ4v) is 3.24. The second-order valence-corrected chi connectivity index (χ2v) is 7.10. The molecule has 0 aliphatic heterocycles. The second-order valence-electron chi connectivity index (χ2n) is 4.92. The molecule has 0 fully saturated rings. The molecule has 1 aromatic carbocycles. The Balaban J connectivity index is 2.16. The number of furan rings is 1. The van der Waals surface area contributed by atoms with Crippen molar-refractivity contribution in [2.75, 3.05) is 20.6 Å². The van der Waals surface area contributed by atoms with Gasteiger partial charge in [0.15, 0.2) is 0 Å². The van der Waals surface area contributed by atoms with Crippen molar-refractivity contribution in [1.82, 2.24) is 9.62 Å². The van der Waals surface area contributed by atoms with Crippen LogP contribution in [-0.4, -0.2) is 34.0 Å². The molecule has 0 radical (unpaired) electrons. The third-order valence-electron chi connectivity index (χ3n) is 3.16. The molecular formula is C14H16ClFN2O3S. The molecule has 0 spiro atoms. The van der Waals surface area contributed by atoms with E-state index in [4.69, 9.17) is 16.0 Å². The van der Waals surface area contributed by atoms with Crippen molar-refractivity contribution in [3.8, 4) is 0 Å². The Morgan fingerprint density at radius 3 is 2.64 bits per heavy atom. The van der Waals surface area contributed by atoms with E-state index in [9.17, 15) is 12.8 Å². The Bertz CT molecular complexity index is 733. The number of hydrogen-bond donors (Lipinski definition) is 1. The van der Waals surface area contributed by atoms with Crippen molar-refractivity contribution >= 4 is 21.6 Å². The zero-order chi connectivity index (χ0) is 16.3. The molecule has 1 heterocycles. The normalized spacial score (nSPS) is 13.5. The van der Waals surface area contributed by atoms with Crippen molar-refractivity contribution in [3.63, 3.8) is 0 Å². The molecule has 1 aromatic heterocycles. The van der Waals surface area contributed by atoms with Gasteiger partial charge in [0.1, 0.15) is 11.6 Å². The van der Waals surface area contributed by atoms with Crippen LogP contribution in [0, 0.1) is 5.82 Å². The van der Waals surface area contributed by atoms with Crippen LogP contribution in [-0.2, 0) is 10.0 Å². The standard InChI is InChI=1S/C14H16ClFN2O3S/c1-18(2)13(14-4-3-7-21-14)9-17-22(19,20)10-5-6-12(16)11(15)8-10/h3-8,13,17H,9H2,1-2H3. The summed E-state index contributed by atoms with van der Waals surface area (Å²) in [5.41, 5.74) is 0. The monoisotopic (exact) mass is 346 g/mol. The molecule has 1 N–H and O–H groups in total. The summed E-state index contributed by atoms with van der Waals surface area (Å²) in [4.78, 5) is 1.75. The summed E-state index contributed by atoms with van der Waals surface area (Å²) < 4.78 is 45.4. The number of nitrogens with zero attached hydrogens (tertiary/aromatic N) is 1. The third-order valence-corrected chi connectivity index (χ3v) is 4.87. The molecule has 2 aromatic rings. The Morgan fingerprint density at radius 1 is 1.36 bits per heavy atom. The first-order valence-electron chi connectivity index (χ1n) is 6.46. The first-order chi connectivity index (χ1) is 10.3. The Kier molecular flexibility index (Phi) is 5.23. The van der Waals surface area contributed by atoms with E-state index in [1.54, 1.807) is 12.1 Å². The first kappa shape index (κ1) is 17.0. The van der Waals surface area contributed by atoms with Crippen molar-refractivity contribution in [2.24, 2.45) is 0 Å². The lowest BCUT2D eigenvalue weighted by molar-refractivity contribution is 0.259. The lowest BCUT2D eigenvalue weighted by atomic mass is 10.2. The average Bonchev–Trinajstić information content (AvgIpc) is 2.95. The minimum atomic E-state index is -3.79. The van der Waals surface area contributed by atoms with Gasteiger partial charge < -0.3 is 4.42 Å². The number of rotatable bonds is 6. The van der Waals surface area contributed by atoms with Crippen molar-refractivity contribution < 1.29 is 17.2 Å². The van der Waals surface area contributed by atoms with Gasteiger partial charge in [0, 0.05) is 6.54 Å². The van der Waals surface area contributed by atoms with E-state index in [0.29, 0.717) is 5.76 Å². The van der Waals surface area contributed by atoms with E-state index in [0.717, 1.165) is 12.1 Å². The smallest absolute Gasteiger partial charge is 0.240 e. The van der Waals surface area contributed by atoms with E-state index < -0.39 is 15.8 Å². The van der Waals surface area contributed by atoms with Gasteiger partial charge in [-0.25, -0.2) is 17.5 Å². The lowest BCUT2D eigenvalue weighted by Gasteiger charge is -2.22. The highest BCUT2D eigenvalue weighted by molar-refractivity contribution is 7.89. The minimum absolute atomic E-state index is 0.0872. The third kappa shape index (κ3) is 3.86. The lowest BCUT2D eigenvalue weighted by Crippen LogP contribution is -2.34. The molecule has 1 atom stereocenters. The SMILES string of the molecule is CN(C)C(CNS(=O)(=O)c1ccc(F)c(Cl)c1)c1ccco1. The van der Waals surface area contributed by atoms with Gasteiger partial charge in [0.25, 0.3) is 0 Å². The number of halogens is 2. The average molecular weight is 347 g/mol. The Labute approximate surface area is 133 Å². The summed E-state index contributed by atoms with van der Waals surface area (Å²) in [6.45, 7) is 0.109. The molecule has 0 aliphatic rings. The molecule has 0 aliphatic carbocycles.